The fourth-order valence-electron chi connectivity index (χ4n) is 5.73. The average Bonchev–Trinajstić information content (AvgIpc) is 3.57. The maximum absolute atomic E-state index is 14.5. The molecule has 1 saturated heterocycles. The molecule has 0 radical (unpaired) electrons. The zero-order chi connectivity index (χ0) is 32.2. The van der Waals surface area contributed by atoms with Crippen LogP contribution in [0.5, 0.6) is 0 Å². The van der Waals surface area contributed by atoms with Gasteiger partial charge in [0.15, 0.2) is 0 Å². The van der Waals surface area contributed by atoms with Crippen LogP contribution in [0.3, 0.4) is 0 Å². The number of hydrogen-bond donors (Lipinski definition) is 1. The molecule has 234 valence electrons. The van der Waals surface area contributed by atoms with E-state index >= 15 is 0 Å². The number of hydrogen-bond acceptors (Lipinski definition) is 6. The maximum Gasteiger partial charge on any atom is 0.270 e. The first-order valence-electron chi connectivity index (χ1n) is 14.1. The SMILES string of the molecule is CNC(=O)c1c(-c2ccc(F)cc2)oc2cc(N(C)S(C)(=O)=O)c([C@@H]3CN(C(=O)c4cc5c(F)cccc5n4C)CCO3)cc12. The molecule has 0 bridgehead atoms. The Hall–Kier alpha value is -4.75. The van der Waals surface area contributed by atoms with Gasteiger partial charge < -0.3 is 23.9 Å². The van der Waals surface area contributed by atoms with Gasteiger partial charge >= 0.3 is 0 Å². The maximum atomic E-state index is 14.5. The van der Waals surface area contributed by atoms with Crippen LogP contribution >= 0.6 is 0 Å². The molecule has 0 spiro atoms. The number of benzene rings is 3. The van der Waals surface area contributed by atoms with Gasteiger partial charge in [-0.1, -0.05) is 6.07 Å². The number of aromatic nitrogens is 1. The van der Waals surface area contributed by atoms with Crippen LogP contribution in [-0.4, -0.2) is 69.7 Å². The molecule has 1 aliphatic rings. The second kappa shape index (κ2) is 11.3. The van der Waals surface area contributed by atoms with Crippen molar-refractivity contribution in [1.82, 2.24) is 14.8 Å². The van der Waals surface area contributed by atoms with Crippen LogP contribution in [0.1, 0.15) is 32.5 Å². The third-order valence-corrected chi connectivity index (χ3v) is 9.38. The largest absolute Gasteiger partial charge is 0.455 e. The molecule has 6 rings (SSSR count). The van der Waals surface area contributed by atoms with Crippen LogP contribution in [0, 0.1) is 11.6 Å². The molecule has 1 aliphatic heterocycles. The number of nitrogens with zero attached hydrogens (tertiary/aromatic N) is 3. The van der Waals surface area contributed by atoms with Gasteiger partial charge in [0.2, 0.25) is 10.0 Å². The summed E-state index contributed by atoms with van der Waals surface area (Å²) in [4.78, 5) is 28.5. The molecule has 0 aliphatic carbocycles. The van der Waals surface area contributed by atoms with Gasteiger partial charge in [-0.05, 0) is 48.5 Å². The summed E-state index contributed by atoms with van der Waals surface area (Å²) in [6.45, 7) is 0.447. The average molecular weight is 637 g/mol. The summed E-state index contributed by atoms with van der Waals surface area (Å²) >= 11 is 0. The number of rotatable bonds is 6. The summed E-state index contributed by atoms with van der Waals surface area (Å²) in [5, 5.41) is 3.32. The molecule has 1 fully saturated rings. The molecular formula is C32H30F2N4O6S. The summed E-state index contributed by atoms with van der Waals surface area (Å²) in [6.07, 6.45) is 0.263. The van der Waals surface area contributed by atoms with Gasteiger partial charge in [0, 0.05) is 55.7 Å². The molecule has 3 heterocycles. The highest BCUT2D eigenvalue weighted by atomic mass is 32.2. The fourth-order valence-corrected chi connectivity index (χ4v) is 6.24. The predicted molar refractivity (Wildman–Crippen MR) is 166 cm³/mol. The molecule has 3 aromatic carbocycles. The van der Waals surface area contributed by atoms with Gasteiger partial charge in [-0.2, -0.15) is 0 Å². The second-order valence-electron chi connectivity index (χ2n) is 10.9. The van der Waals surface area contributed by atoms with Crippen molar-refractivity contribution in [3.63, 3.8) is 0 Å². The van der Waals surface area contributed by atoms with E-state index < -0.39 is 33.7 Å². The van der Waals surface area contributed by atoms with E-state index in [9.17, 15) is 26.8 Å². The van der Waals surface area contributed by atoms with E-state index in [0.717, 1.165) is 10.6 Å². The second-order valence-corrected chi connectivity index (χ2v) is 12.9. The van der Waals surface area contributed by atoms with E-state index in [1.807, 2.05) is 0 Å². The lowest BCUT2D eigenvalue weighted by atomic mass is 9.99. The van der Waals surface area contributed by atoms with E-state index in [-0.39, 0.29) is 48.2 Å². The first-order valence-corrected chi connectivity index (χ1v) is 15.9. The van der Waals surface area contributed by atoms with Gasteiger partial charge in [-0.3, -0.25) is 13.9 Å². The van der Waals surface area contributed by atoms with Crippen LogP contribution in [0.15, 0.2) is 65.1 Å². The van der Waals surface area contributed by atoms with E-state index in [2.05, 4.69) is 5.32 Å². The van der Waals surface area contributed by atoms with Crippen molar-refractivity contribution in [1.29, 1.82) is 0 Å². The lowest BCUT2D eigenvalue weighted by molar-refractivity contribution is -0.0228. The molecule has 10 nitrogen and oxygen atoms in total. The fraction of sp³-hybridized carbons (Fsp3) is 0.250. The number of carbonyl (C=O) groups excluding carboxylic acids is 2. The number of sulfonamides is 1. The molecule has 45 heavy (non-hydrogen) atoms. The third-order valence-electron chi connectivity index (χ3n) is 8.19. The van der Waals surface area contributed by atoms with Crippen molar-refractivity contribution < 1.29 is 35.9 Å². The molecular weight excluding hydrogens is 606 g/mol. The summed E-state index contributed by atoms with van der Waals surface area (Å²) in [5.41, 5.74) is 2.36. The molecule has 5 aromatic rings. The summed E-state index contributed by atoms with van der Waals surface area (Å²) < 4.78 is 68.6. The molecule has 1 atom stereocenters. The normalized spacial score (nSPS) is 15.5. The van der Waals surface area contributed by atoms with Gasteiger partial charge in [0.25, 0.3) is 11.8 Å². The van der Waals surface area contributed by atoms with E-state index in [1.54, 1.807) is 34.7 Å². The number of fused-ring (bicyclic) bond motifs is 2. The smallest absolute Gasteiger partial charge is 0.270 e. The Kier molecular flexibility index (Phi) is 7.61. The number of carbonyl (C=O) groups is 2. The number of furan rings is 1. The number of halogens is 2. The zero-order valence-electron chi connectivity index (χ0n) is 24.9. The van der Waals surface area contributed by atoms with E-state index in [1.165, 1.54) is 56.6 Å². The standard InChI is InChI=1S/C32H30F2N4O6S/c1-35-31(39)29-22-14-21(25(37(3)45(4,41)42)16-27(22)44-30(29)18-8-10-19(33)11-9-18)28-17-38(12-13-43-28)32(40)26-15-20-23(34)6-5-7-24(20)36(26)2/h5-11,14-16,28H,12-13,17H2,1-4H3,(H,35,39)/t28-/m0/s1. The molecule has 0 saturated carbocycles. The minimum Gasteiger partial charge on any atom is -0.455 e. The molecule has 1 N–H and O–H groups in total. The Morgan fingerprint density at radius 3 is 2.44 bits per heavy atom. The topological polar surface area (TPSA) is 114 Å². The van der Waals surface area contributed by atoms with Gasteiger partial charge in [-0.15, -0.1) is 0 Å². The van der Waals surface area contributed by atoms with E-state index in [4.69, 9.17) is 9.15 Å². The summed E-state index contributed by atoms with van der Waals surface area (Å²) in [5.74, 6) is -1.52. The molecule has 2 amide bonds. The number of amides is 2. The number of anilines is 1. The monoisotopic (exact) mass is 636 g/mol. The van der Waals surface area contributed by atoms with Crippen molar-refractivity contribution >= 4 is 49.4 Å². The van der Waals surface area contributed by atoms with Crippen molar-refractivity contribution in [2.45, 2.75) is 6.10 Å². The Morgan fingerprint density at radius 2 is 1.78 bits per heavy atom. The Labute approximate surface area is 257 Å². The Morgan fingerprint density at radius 1 is 1.04 bits per heavy atom. The van der Waals surface area contributed by atoms with Gasteiger partial charge in [0.05, 0.1) is 36.2 Å². The van der Waals surface area contributed by atoms with Crippen LogP contribution in [-0.2, 0) is 21.8 Å². The van der Waals surface area contributed by atoms with Crippen LogP contribution in [0.4, 0.5) is 14.5 Å². The van der Waals surface area contributed by atoms with Crippen molar-refractivity contribution in [2.75, 3.05) is 44.4 Å². The third kappa shape index (κ3) is 5.31. The minimum absolute atomic E-state index is 0.0525. The minimum atomic E-state index is -3.77. The van der Waals surface area contributed by atoms with Crippen LogP contribution in [0.25, 0.3) is 33.2 Å². The van der Waals surface area contributed by atoms with Gasteiger partial charge in [-0.25, -0.2) is 17.2 Å². The quantitative estimate of drug-likeness (QED) is 0.286. The Bertz CT molecular complexity index is 2090. The predicted octanol–water partition coefficient (Wildman–Crippen LogP) is 4.84. The van der Waals surface area contributed by atoms with Crippen LogP contribution < -0.4 is 9.62 Å². The van der Waals surface area contributed by atoms with E-state index in [0.29, 0.717) is 33.1 Å². The number of aryl methyl sites for hydroxylation is 1. The highest BCUT2D eigenvalue weighted by molar-refractivity contribution is 7.92. The molecule has 0 unspecified atom stereocenters. The highest BCUT2D eigenvalue weighted by Gasteiger charge is 2.33. The number of nitrogens with one attached hydrogen (secondary N) is 1. The van der Waals surface area contributed by atoms with Crippen molar-refractivity contribution in [3.8, 4) is 11.3 Å². The highest BCUT2D eigenvalue weighted by Crippen LogP contribution is 2.41. The lowest BCUT2D eigenvalue weighted by Crippen LogP contribution is -2.43. The first-order chi connectivity index (χ1) is 21.4. The number of ether oxygens (including phenoxy) is 1. The van der Waals surface area contributed by atoms with Crippen molar-refractivity contribution in [3.05, 3.63) is 89.1 Å². The molecule has 2 aromatic heterocycles. The summed E-state index contributed by atoms with van der Waals surface area (Å²) in [7, 11) is 0.779. The zero-order valence-corrected chi connectivity index (χ0v) is 25.7. The number of morpholine rings is 1. The molecule has 13 heteroatoms. The first kappa shape index (κ1) is 30.3. The summed E-state index contributed by atoms with van der Waals surface area (Å²) in [6, 6.07) is 14.8. The lowest BCUT2D eigenvalue weighted by Gasteiger charge is -2.35. The van der Waals surface area contributed by atoms with Gasteiger partial charge in [0.1, 0.15) is 34.8 Å². The van der Waals surface area contributed by atoms with Crippen molar-refractivity contribution in [2.24, 2.45) is 7.05 Å². The van der Waals surface area contributed by atoms with Crippen LogP contribution in [0.2, 0.25) is 0 Å². The Balaban J connectivity index is 1.47.